The van der Waals surface area contributed by atoms with Gasteiger partial charge in [0.25, 0.3) is 5.91 Å². The first kappa shape index (κ1) is 24.9. The summed E-state index contributed by atoms with van der Waals surface area (Å²) in [7, 11) is 3.54. The van der Waals surface area contributed by atoms with Gasteiger partial charge in [-0.1, -0.05) is 0 Å². The molecule has 37 heavy (non-hydrogen) atoms. The monoisotopic (exact) mass is 508 g/mol. The van der Waals surface area contributed by atoms with Crippen molar-refractivity contribution in [2.75, 3.05) is 33.8 Å². The minimum Gasteiger partial charge on any atom is -0.496 e. The summed E-state index contributed by atoms with van der Waals surface area (Å²) >= 11 is 0. The van der Waals surface area contributed by atoms with Gasteiger partial charge >= 0.3 is 0 Å². The van der Waals surface area contributed by atoms with Crippen molar-refractivity contribution in [2.45, 2.75) is 32.4 Å². The molecule has 1 amide bonds. The summed E-state index contributed by atoms with van der Waals surface area (Å²) in [6.45, 7) is 5.26. The quantitative estimate of drug-likeness (QED) is 0.421. The maximum absolute atomic E-state index is 16.1. The Morgan fingerprint density at radius 3 is 2.65 bits per heavy atom. The number of ether oxygens (including phenoxy) is 1. The Morgan fingerprint density at radius 2 is 1.95 bits per heavy atom. The van der Waals surface area contributed by atoms with Gasteiger partial charge in [-0.25, -0.2) is 18.4 Å². The largest absolute Gasteiger partial charge is 0.496 e. The normalized spacial score (nSPS) is 15.7. The van der Waals surface area contributed by atoms with Crippen LogP contribution in [0.25, 0.3) is 22.6 Å². The summed E-state index contributed by atoms with van der Waals surface area (Å²) in [4.78, 5) is 18.9. The van der Waals surface area contributed by atoms with Gasteiger partial charge in [0, 0.05) is 49.2 Å². The zero-order valence-corrected chi connectivity index (χ0v) is 21.4. The fourth-order valence-corrected chi connectivity index (χ4v) is 4.89. The number of rotatable bonds is 6. The van der Waals surface area contributed by atoms with E-state index in [1.165, 1.54) is 12.1 Å². The summed E-state index contributed by atoms with van der Waals surface area (Å²) in [6.07, 6.45) is 7.70. The molecule has 3 aromatic heterocycles. The molecule has 4 heterocycles. The number of fused-ring (bicyclic) bond motifs is 1. The van der Waals surface area contributed by atoms with Crippen molar-refractivity contribution in [1.82, 2.24) is 29.4 Å². The van der Waals surface area contributed by atoms with Crippen LogP contribution < -0.4 is 10.1 Å². The number of nitrogens with one attached hydrogen (secondary N) is 1. The van der Waals surface area contributed by atoms with E-state index in [0.717, 1.165) is 11.3 Å². The highest BCUT2D eigenvalue weighted by molar-refractivity contribution is 5.95. The lowest BCUT2D eigenvalue weighted by atomic mass is 9.86. The number of carbonyl (C=O) groups is 1. The lowest BCUT2D eigenvalue weighted by Gasteiger charge is -2.35. The zero-order chi connectivity index (χ0) is 26.3. The standard InChI is InChI=1S/C27H30F2N6O2/c1-5-30-26(36)19-11-22(17(2)10-21(19)28)35-15-18(13-32-35)23-14-31-25-12-24(37-4)20(16-34(23)25)27(29)6-8-33(3)9-7-27/h10-16H,5-9H2,1-4H3,(H,30,36). The van der Waals surface area contributed by atoms with Crippen LogP contribution in [0.15, 0.2) is 43.0 Å². The third-order valence-corrected chi connectivity index (χ3v) is 7.08. The van der Waals surface area contributed by atoms with Crippen LogP contribution in [0.3, 0.4) is 0 Å². The maximum Gasteiger partial charge on any atom is 0.254 e. The van der Waals surface area contributed by atoms with Crippen LogP contribution in [0.1, 0.15) is 41.3 Å². The van der Waals surface area contributed by atoms with Crippen molar-refractivity contribution in [3.63, 3.8) is 0 Å². The summed E-state index contributed by atoms with van der Waals surface area (Å²) in [5, 5.41) is 7.10. The summed E-state index contributed by atoms with van der Waals surface area (Å²) in [5.74, 6) is -0.588. The van der Waals surface area contributed by atoms with Crippen LogP contribution in [0.4, 0.5) is 8.78 Å². The molecule has 1 fully saturated rings. The molecule has 0 saturated carbocycles. The molecule has 0 atom stereocenters. The number of aromatic nitrogens is 4. The number of hydrogen-bond donors (Lipinski definition) is 1. The van der Waals surface area contributed by atoms with Crippen molar-refractivity contribution < 1.29 is 18.3 Å². The number of piperidine rings is 1. The second kappa shape index (κ2) is 9.59. The van der Waals surface area contributed by atoms with Crippen molar-refractivity contribution >= 4 is 11.6 Å². The van der Waals surface area contributed by atoms with E-state index in [-0.39, 0.29) is 5.56 Å². The highest BCUT2D eigenvalue weighted by atomic mass is 19.1. The van der Waals surface area contributed by atoms with Crippen molar-refractivity contribution in [2.24, 2.45) is 0 Å². The number of likely N-dealkylation sites (tertiary alicyclic amines) is 1. The summed E-state index contributed by atoms with van der Waals surface area (Å²) in [5.41, 5.74) is 2.26. The number of imidazole rings is 1. The molecule has 1 aliphatic heterocycles. The van der Waals surface area contributed by atoms with Gasteiger partial charge in [0.15, 0.2) is 0 Å². The Bertz CT molecular complexity index is 1470. The van der Waals surface area contributed by atoms with Gasteiger partial charge in [0.1, 0.15) is 22.9 Å². The van der Waals surface area contributed by atoms with Gasteiger partial charge in [0.05, 0.1) is 36.4 Å². The SMILES string of the molecule is CCNC(=O)c1cc(-n2cc(-c3cnc4cc(OC)c(C5(F)CCN(C)CC5)cn34)cn2)c(C)cc1F. The smallest absolute Gasteiger partial charge is 0.254 e. The lowest BCUT2D eigenvalue weighted by molar-refractivity contribution is 0.0646. The number of halogens is 2. The number of alkyl halides is 1. The van der Waals surface area contributed by atoms with E-state index in [2.05, 4.69) is 20.3 Å². The van der Waals surface area contributed by atoms with E-state index in [0.29, 0.717) is 60.7 Å². The van der Waals surface area contributed by atoms with E-state index in [1.807, 2.05) is 11.4 Å². The van der Waals surface area contributed by atoms with Crippen LogP contribution >= 0.6 is 0 Å². The molecule has 8 nitrogen and oxygen atoms in total. The topological polar surface area (TPSA) is 76.7 Å². The van der Waals surface area contributed by atoms with Crippen molar-refractivity contribution in [3.05, 3.63) is 65.5 Å². The molecule has 0 bridgehead atoms. The van der Waals surface area contributed by atoms with Gasteiger partial charge in [-0.15, -0.1) is 0 Å². The molecule has 1 N–H and O–H groups in total. The number of benzene rings is 1. The number of nitrogens with zero attached hydrogens (tertiary/aromatic N) is 5. The molecule has 10 heteroatoms. The highest BCUT2D eigenvalue weighted by Crippen LogP contribution is 2.42. The molecule has 1 aromatic carbocycles. The molecule has 0 spiro atoms. The number of methoxy groups -OCH3 is 1. The van der Waals surface area contributed by atoms with Gasteiger partial charge < -0.3 is 15.0 Å². The van der Waals surface area contributed by atoms with Crippen LogP contribution in [0.5, 0.6) is 5.75 Å². The van der Waals surface area contributed by atoms with Crippen molar-refractivity contribution in [3.8, 4) is 22.7 Å². The van der Waals surface area contributed by atoms with Gasteiger partial charge in [-0.3, -0.25) is 9.20 Å². The Kier molecular flexibility index (Phi) is 6.45. The van der Waals surface area contributed by atoms with Crippen molar-refractivity contribution in [1.29, 1.82) is 0 Å². The molecule has 0 radical (unpaired) electrons. The molecule has 194 valence electrons. The van der Waals surface area contributed by atoms with E-state index in [1.54, 1.807) is 56.5 Å². The molecule has 4 aromatic rings. The third kappa shape index (κ3) is 4.46. The second-order valence-corrected chi connectivity index (χ2v) is 9.55. The summed E-state index contributed by atoms with van der Waals surface area (Å²) in [6, 6.07) is 4.58. The van der Waals surface area contributed by atoms with E-state index in [4.69, 9.17) is 4.74 Å². The first-order valence-electron chi connectivity index (χ1n) is 12.3. The zero-order valence-electron chi connectivity index (χ0n) is 21.4. The number of pyridine rings is 1. The molecule has 0 unspecified atom stereocenters. The van der Waals surface area contributed by atoms with Crippen LogP contribution in [0, 0.1) is 12.7 Å². The molecule has 5 rings (SSSR count). The van der Waals surface area contributed by atoms with Crippen LogP contribution in [-0.4, -0.2) is 63.8 Å². The Labute approximate surface area is 213 Å². The Balaban J connectivity index is 1.56. The molecular weight excluding hydrogens is 478 g/mol. The van der Waals surface area contributed by atoms with Crippen LogP contribution in [-0.2, 0) is 5.67 Å². The van der Waals surface area contributed by atoms with E-state index >= 15 is 4.39 Å². The average molecular weight is 509 g/mol. The first-order chi connectivity index (χ1) is 17.7. The Morgan fingerprint density at radius 1 is 1.19 bits per heavy atom. The maximum atomic E-state index is 16.1. The number of carbonyl (C=O) groups excluding carboxylic acids is 1. The predicted molar refractivity (Wildman–Crippen MR) is 137 cm³/mol. The molecular formula is C27H30F2N6O2. The Hall–Kier alpha value is -3.79. The average Bonchev–Trinajstić information content (AvgIpc) is 3.52. The minimum absolute atomic E-state index is 0.0441. The molecule has 0 aliphatic carbocycles. The van der Waals surface area contributed by atoms with E-state index in [9.17, 15) is 9.18 Å². The number of aryl methyl sites for hydroxylation is 1. The van der Waals surface area contributed by atoms with Gasteiger partial charge in [0.2, 0.25) is 0 Å². The van der Waals surface area contributed by atoms with Crippen LogP contribution in [0.2, 0.25) is 0 Å². The van der Waals surface area contributed by atoms with Gasteiger partial charge in [-0.2, -0.15) is 5.10 Å². The third-order valence-electron chi connectivity index (χ3n) is 7.08. The number of hydrogen-bond acceptors (Lipinski definition) is 5. The summed E-state index contributed by atoms with van der Waals surface area (Å²) < 4.78 is 39.6. The lowest BCUT2D eigenvalue weighted by Crippen LogP contribution is -2.38. The highest BCUT2D eigenvalue weighted by Gasteiger charge is 2.38. The first-order valence-corrected chi connectivity index (χ1v) is 12.3. The second-order valence-electron chi connectivity index (χ2n) is 9.55. The fraction of sp³-hybridized carbons (Fsp3) is 0.370. The fourth-order valence-electron chi connectivity index (χ4n) is 4.89. The number of amides is 1. The molecule has 1 aliphatic rings. The molecule has 1 saturated heterocycles. The minimum atomic E-state index is -1.50. The predicted octanol–water partition coefficient (Wildman–Crippen LogP) is 4.28. The van der Waals surface area contributed by atoms with E-state index < -0.39 is 17.4 Å². The van der Waals surface area contributed by atoms with Gasteiger partial charge in [-0.05, 0) is 51.4 Å².